The maximum absolute atomic E-state index is 12.8. The summed E-state index contributed by atoms with van der Waals surface area (Å²) < 4.78 is 6.12. The minimum absolute atomic E-state index is 0.0173. The maximum Gasteiger partial charge on any atom is 0.339 e. The second-order valence-corrected chi connectivity index (χ2v) is 9.74. The molecule has 1 N–H and O–H groups in total. The lowest BCUT2D eigenvalue weighted by Crippen LogP contribution is -2.45. The Morgan fingerprint density at radius 3 is 2.93 bits per heavy atom. The Labute approximate surface area is 173 Å². The van der Waals surface area contributed by atoms with E-state index < -0.39 is 0 Å². The first-order chi connectivity index (χ1) is 14.0. The van der Waals surface area contributed by atoms with E-state index in [4.69, 9.17) is 4.74 Å². The third-order valence-corrected chi connectivity index (χ3v) is 8.16. The van der Waals surface area contributed by atoms with Crippen LogP contribution in [0, 0.1) is 17.3 Å². The largest absolute Gasteiger partial charge is 0.508 e. The maximum atomic E-state index is 12.8. The van der Waals surface area contributed by atoms with E-state index in [-0.39, 0.29) is 17.5 Å². The van der Waals surface area contributed by atoms with E-state index in [1.54, 1.807) is 0 Å². The molecular weight excluding hydrogens is 362 g/mol. The number of carbonyl (C=O) groups is 1. The van der Waals surface area contributed by atoms with Crippen LogP contribution in [0.4, 0.5) is 0 Å². The smallest absolute Gasteiger partial charge is 0.339 e. The van der Waals surface area contributed by atoms with Gasteiger partial charge in [0, 0.05) is 25.2 Å². The van der Waals surface area contributed by atoms with Gasteiger partial charge in [0.15, 0.2) is 0 Å². The van der Waals surface area contributed by atoms with Gasteiger partial charge >= 0.3 is 5.97 Å². The number of rotatable bonds is 2. The van der Waals surface area contributed by atoms with E-state index in [1.807, 2.05) is 42.4 Å². The van der Waals surface area contributed by atoms with E-state index in [2.05, 4.69) is 13.0 Å². The average molecular weight is 394 g/mol. The van der Waals surface area contributed by atoms with Crippen LogP contribution in [0.1, 0.15) is 56.1 Å². The van der Waals surface area contributed by atoms with Crippen LogP contribution in [0.2, 0.25) is 0 Å². The summed E-state index contributed by atoms with van der Waals surface area (Å²) in [5.74, 6) is 2.07. The molecule has 4 unspecified atom stereocenters. The van der Waals surface area contributed by atoms with Gasteiger partial charge in [-0.1, -0.05) is 19.1 Å². The molecule has 29 heavy (non-hydrogen) atoms. The van der Waals surface area contributed by atoms with Crippen LogP contribution in [-0.2, 0) is 16.0 Å². The van der Waals surface area contributed by atoms with Crippen molar-refractivity contribution in [1.82, 2.24) is 4.90 Å². The zero-order chi connectivity index (χ0) is 20.2. The summed E-state index contributed by atoms with van der Waals surface area (Å²) in [6.07, 6.45) is 12.4. The van der Waals surface area contributed by atoms with Crippen LogP contribution >= 0.6 is 0 Å². The molecule has 0 bridgehead atoms. The number of carbonyl (C=O) groups excluding carboxylic acids is 1. The van der Waals surface area contributed by atoms with Crippen LogP contribution in [0.5, 0.6) is 5.75 Å². The summed E-state index contributed by atoms with van der Waals surface area (Å²) in [6, 6.07) is 5.95. The number of phenols is 1. The lowest BCUT2D eigenvalue weighted by molar-refractivity contribution is -0.152. The first-order valence-electron chi connectivity index (χ1n) is 11.1. The highest BCUT2D eigenvalue weighted by atomic mass is 16.5. The van der Waals surface area contributed by atoms with Gasteiger partial charge in [0.1, 0.15) is 11.9 Å². The van der Waals surface area contributed by atoms with E-state index in [0.717, 1.165) is 38.6 Å². The molecule has 0 spiro atoms. The van der Waals surface area contributed by atoms with Crippen LogP contribution in [0.25, 0.3) is 0 Å². The van der Waals surface area contributed by atoms with Gasteiger partial charge < -0.3 is 14.7 Å². The second-order valence-electron chi connectivity index (χ2n) is 9.74. The normalized spacial score (nSPS) is 35.4. The molecule has 0 amide bonds. The van der Waals surface area contributed by atoms with Gasteiger partial charge in [0.05, 0.1) is 5.57 Å². The number of aryl methyl sites for hydroxylation is 1. The average Bonchev–Trinajstić information content (AvgIpc) is 3.04. The van der Waals surface area contributed by atoms with Crippen molar-refractivity contribution in [2.45, 2.75) is 57.5 Å². The SMILES string of the molecule is CN1C=C(C(=O)O[C@H]2CCC3C4CCc5cc(O)ccc5C4CCC32C)C=CC1. The molecule has 3 aliphatic carbocycles. The summed E-state index contributed by atoms with van der Waals surface area (Å²) in [6.45, 7) is 3.20. The van der Waals surface area contributed by atoms with Crippen molar-refractivity contribution in [2.75, 3.05) is 13.6 Å². The van der Waals surface area contributed by atoms with Crippen molar-refractivity contribution in [3.05, 3.63) is 53.3 Å². The minimum Gasteiger partial charge on any atom is -0.508 e. The molecule has 0 saturated heterocycles. The molecule has 4 nitrogen and oxygen atoms in total. The minimum atomic E-state index is -0.175. The van der Waals surface area contributed by atoms with Crippen molar-refractivity contribution < 1.29 is 14.6 Å². The van der Waals surface area contributed by atoms with Crippen molar-refractivity contribution in [1.29, 1.82) is 0 Å². The molecule has 1 aromatic carbocycles. The fraction of sp³-hybridized carbons (Fsp3) is 0.560. The zero-order valence-electron chi connectivity index (χ0n) is 17.4. The first kappa shape index (κ1) is 18.8. The third kappa shape index (κ3) is 3.08. The number of aromatic hydroxyl groups is 1. The van der Waals surface area contributed by atoms with Crippen molar-refractivity contribution in [3.8, 4) is 5.75 Å². The van der Waals surface area contributed by atoms with Gasteiger partial charge in [-0.05, 0) is 85.6 Å². The molecule has 4 aliphatic rings. The highest BCUT2D eigenvalue weighted by molar-refractivity contribution is 5.91. The summed E-state index contributed by atoms with van der Waals surface area (Å²) in [4.78, 5) is 14.8. The zero-order valence-corrected chi connectivity index (χ0v) is 17.4. The van der Waals surface area contributed by atoms with Crippen molar-refractivity contribution in [2.24, 2.45) is 17.3 Å². The Morgan fingerprint density at radius 1 is 1.24 bits per heavy atom. The molecule has 154 valence electrons. The number of benzene rings is 1. The highest BCUT2D eigenvalue weighted by Gasteiger charge is 2.56. The molecule has 1 aromatic rings. The fourth-order valence-corrected chi connectivity index (χ4v) is 6.71. The van der Waals surface area contributed by atoms with E-state index in [0.29, 0.717) is 29.1 Å². The number of hydrogen-bond acceptors (Lipinski definition) is 4. The van der Waals surface area contributed by atoms with E-state index >= 15 is 0 Å². The number of esters is 1. The number of likely N-dealkylation sites (N-methyl/N-ethyl adjacent to an activating group) is 1. The molecule has 1 heterocycles. The summed E-state index contributed by atoms with van der Waals surface area (Å²) in [5, 5.41) is 9.86. The van der Waals surface area contributed by atoms with Gasteiger partial charge in [-0.15, -0.1) is 0 Å². The molecule has 5 rings (SSSR count). The van der Waals surface area contributed by atoms with Crippen molar-refractivity contribution >= 4 is 5.97 Å². The van der Waals surface area contributed by atoms with Crippen LogP contribution in [0.3, 0.4) is 0 Å². The molecule has 5 atom stereocenters. The number of ether oxygens (including phenoxy) is 1. The molecule has 1 aliphatic heterocycles. The summed E-state index contributed by atoms with van der Waals surface area (Å²) in [5.41, 5.74) is 3.51. The van der Waals surface area contributed by atoms with Crippen LogP contribution in [-0.4, -0.2) is 35.7 Å². The summed E-state index contributed by atoms with van der Waals surface area (Å²) in [7, 11) is 1.98. The lowest BCUT2D eigenvalue weighted by Gasteiger charge is -2.50. The van der Waals surface area contributed by atoms with Crippen LogP contribution in [0.15, 0.2) is 42.1 Å². The third-order valence-electron chi connectivity index (χ3n) is 8.16. The molecule has 4 heteroatoms. The molecule has 2 saturated carbocycles. The van der Waals surface area contributed by atoms with Gasteiger partial charge in [0.25, 0.3) is 0 Å². The van der Waals surface area contributed by atoms with Gasteiger partial charge in [0.2, 0.25) is 0 Å². The van der Waals surface area contributed by atoms with E-state index in [9.17, 15) is 9.90 Å². The van der Waals surface area contributed by atoms with Gasteiger partial charge in [-0.25, -0.2) is 4.79 Å². The quantitative estimate of drug-likeness (QED) is 0.749. The van der Waals surface area contributed by atoms with Gasteiger partial charge in [-0.2, -0.15) is 0 Å². The Hall–Kier alpha value is -2.23. The lowest BCUT2D eigenvalue weighted by atomic mass is 9.55. The molecular formula is C25H31NO3. The van der Waals surface area contributed by atoms with Crippen molar-refractivity contribution in [3.63, 3.8) is 0 Å². The first-order valence-corrected chi connectivity index (χ1v) is 11.1. The number of hydrogen-bond donors (Lipinski definition) is 1. The van der Waals surface area contributed by atoms with E-state index in [1.165, 1.54) is 17.5 Å². The standard InChI is InChI=1S/C25H31NO3/c1-25-12-11-20-19-8-6-18(27)14-16(19)5-7-21(20)22(25)9-10-23(25)29-24(28)17-4-3-13-26(2)15-17/h3-4,6,8,14-15,20-23,27H,5,7,9-13H2,1-2H3/t20?,21?,22?,23-,25?/m0/s1. The Balaban J connectivity index is 1.35. The molecule has 0 aromatic heterocycles. The molecule has 0 radical (unpaired) electrons. The van der Waals surface area contributed by atoms with Crippen LogP contribution < -0.4 is 0 Å². The Bertz CT molecular complexity index is 888. The highest BCUT2D eigenvalue weighted by Crippen LogP contribution is 2.61. The summed E-state index contributed by atoms with van der Waals surface area (Å²) >= 11 is 0. The Kier molecular flexibility index (Phi) is 4.49. The topological polar surface area (TPSA) is 49.8 Å². The fourth-order valence-electron chi connectivity index (χ4n) is 6.71. The number of phenolic OH excluding ortho intramolecular Hbond substituents is 1. The molecule has 2 fully saturated rings. The monoisotopic (exact) mass is 393 g/mol. The number of nitrogens with zero attached hydrogens (tertiary/aromatic N) is 1. The van der Waals surface area contributed by atoms with Gasteiger partial charge in [-0.3, -0.25) is 0 Å². The predicted octanol–water partition coefficient (Wildman–Crippen LogP) is 4.55. The predicted molar refractivity (Wildman–Crippen MR) is 112 cm³/mol. The Morgan fingerprint density at radius 2 is 2.10 bits per heavy atom. The second kappa shape index (κ2) is 6.93. The number of fused-ring (bicyclic) bond motifs is 5.